The molecule has 5 rings (SSSR count). The Bertz CT molecular complexity index is 1340. The number of rotatable bonds is 3. The van der Waals surface area contributed by atoms with Gasteiger partial charge in [-0.2, -0.15) is 10.2 Å². The van der Waals surface area contributed by atoms with Gasteiger partial charge in [-0.25, -0.2) is 4.39 Å². The highest BCUT2D eigenvalue weighted by Gasteiger charge is 2.16. The summed E-state index contributed by atoms with van der Waals surface area (Å²) in [5.41, 5.74) is 3.92. The molecule has 0 atom stereocenters. The average Bonchev–Trinajstić information content (AvgIpc) is 3.35. The number of hydrogen-bond donors (Lipinski definition) is 2. The molecule has 2 N–H and O–H groups in total. The van der Waals surface area contributed by atoms with Crippen molar-refractivity contribution < 1.29 is 4.39 Å². The lowest BCUT2D eigenvalue weighted by atomic mass is 10.1. The topological polar surface area (TPSA) is 75.2 Å². The molecule has 0 aliphatic heterocycles. The van der Waals surface area contributed by atoms with Gasteiger partial charge in [0.2, 0.25) is 0 Å². The maximum Gasteiger partial charge on any atom is 0.200 e. The standard InChI is InChI=1S/C20H13FN6S/c21-13-8-6-12(7-9-13)16-11-17(24-23-16)19-25-26-20(28)27(19)18-5-1-4-15-14(18)3-2-10-22-15/h1-11H,(H,23,24)(H,26,28). The number of fused-ring (bicyclic) bond motifs is 1. The lowest BCUT2D eigenvalue weighted by Gasteiger charge is -2.08. The number of nitrogens with zero attached hydrogens (tertiary/aromatic N) is 4. The first-order chi connectivity index (χ1) is 13.7. The molecule has 0 fully saturated rings. The van der Waals surface area contributed by atoms with Crippen molar-refractivity contribution in [2.75, 3.05) is 0 Å². The van der Waals surface area contributed by atoms with E-state index in [9.17, 15) is 4.39 Å². The molecule has 0 saturated carbocycles. The molecule has 5 aromatic rings. The van der Waals surface area contributed by atoms with E-state index < -0.39 is 0 Å². The fraction of sp³-hybridized carbons (Fsp3) is 0. The summed E-state index contributed by atoms with van der Waals surface area (Å²) in [6.07, 6.45) is 1.76. The molecule has 0 bridgehead atoms. The molecule has 0 amide bonds. The number of pyridine rings is 1. The van der Waals surface area contributed by atoms with Gasteiger partial charge in [0.25, 0.3) is 0 Å². The minimum absolute atomic E-state index is 0.287. The summed E-state index contributed by atoms with van der Waals surface area (Å²) in [6.45, 7) is 0. The second-order valence-corrected chi connectivity index (χ2v) is 6.60. The second-order valence-electron chi connectivity index (χ2n) is 6.21. The van der Waals surface area contributed by atoms with Crippen molar-refractivity contribution in [2.45, 2.75) is 0 Å². The van der Waals surface area contributed by atoms with Gasteiger partial charge in [0.15, 0.2) is 10.6 Å². The van der Waals surface area contributed by atoms with Crippen molar-refractivity contribution in [1.29, 1.82) is 0 Å². The highest BCUT2D eigenvalue weighted by Crippen LogP contribution is 2.28. The first-order valence-corrected chi connectivity index (χ1v) is 8.95. The van der Waals surface area contributed by atoms with Gasteiger partial charge in [0, 0.05) is 17.1 Å². The normalized spacial score (nSPS) is 11.2. The van der Waals surface area contributed by atoms with Crippen LogP contribution in [0.2, 0.25) is 0 Å². The monoisotopic (exact) mass is 388 g/mol. The van der Waals surface area contributed by atoms with Crippen LogP contribution < -0.4 is 0 Å². The van der Waals surface area contributed by atoms with Crippen LogP contribution in [0.1, 0.15) is 0 Å². The van der Waals surface area contributed by atoms with Crippen LogP contribution in [0.5, 0.6) is 0 Å². The van der Waals surface area contributed by atoms with E-state index in [2.05, 4.69) is 25.4 Å². The predicted molar refractivity (Wildman–Crippen MR) is 107 cm³/mol. The lowest BCUT2D eigenvalue weighted by Crippen LogP contribution is -1.99. The van der Waals surface area contributed by atoms with E-state index in [1.54, 1.807) is 18.3 Å². The third kappa shape index (κ3) is 2.71. The van der Waals surface area contributed by atoms with Gasteiger partial charge >= 0.3 is 0 Å². The molecular formula is C20H13FN6S. The molecule has 6 nitrogen and oxygen atoms in total. The highest BCUT2D eigenvalue weighted by molar-refractivity contribution is 7.71. The Labute approximate surface area is 163 Å². The zero-order valence-electron chi connectivity index (χ0n) is 14.4. The SMILES string of the molecule is Fc1ccc(-c2cc(-c3n[nH]c(=S)n3-c3cccc4ncccc34)[nH]n2)cc1. The van der Waals surface area contributed by atoms with Crippen molar-refractivity contribution in [3.8, 4) is 28.5 Å². The Kier molecular flexibility index (Phi) is 3.84. The summed E-state index contributed by atoms with van der Waals surface area (Å²) in [6, 6.07) is 17.8. The van der Waals surface area contributed by atoms with E-state index in [1.807, 2.05) is 41.0 Å². The maximum absolute atomic E-state index is 13.2. The average molecular weight is 388 g/mol. The number of hydrogen-bond acceptors (Lipinski definition) is 4. The van der Waals surface area contributed by atoms with Gasteiger partial charge in [0.1, 0.15) is 11.5 Å². The first kappa shape index (κ1) is 16.5. The molecule has 0 aliphatic rings. The molecular weight excluding hydrogens is 375 g/mol. The number of aromatic nitrogens is 6. The number of H-pyrrole nitrogens is 2. The van der Waals surface area contributed by atoms with Gasteiger partial charge in [-0.15, -0.1) is 0 Å². The third-order valence-corrected chi connectivity index (χ3v) is 4.77. The van der Waals surface area contributed by atoms with Crippen LogP contribution in [0.4, 0.5) is 4.39 Å². The van der Waals surface area contributed by atoms with Crippen molar-refractivity contribution in [3.05, 3.63) is 77.4 Å². The second kappa shape index (κ2) is 6.50. The van der Waals surface area contributed by atoms with Crippen molar-refractivity contribution in [3.63, 3.8) is 0 Å². The number of benzene rings is 2. The largest absolute Gasteiger partial charge is 0.274 e. The molecule has 28 heavy (non-hydrogen) atoms. The van der Waals surface area contributed by atoms with E-state index in [1.165, 1.54) is 12.1 Å². The van der Waals surface area contributed by atoms with E-state index in [4.69, 9.17) is 12.2 Å². The summed E-state index contributed by atoms with van der Waals surface area (Å²) in [5, 5.41) is 15.5. The van der Waals surface area contributed by atoms with Gasteiger partial charge in [-0.1, -0.05) is 6.07 Å². The lowest BCUT2D eigenvalue weighted by molar-refractivity contribution is 0.628. The number of halogens is 1. The molecule has 8 heteroatoms. The quantitative estimate of drug-likeness (QED) is 0.440. The van der Waals surface area contributed by atoms with Crippen LogP contribution in [-0.2, 0) is 0 Å². The summed E-state index contributed by atoms with van der Waals surface area (Å²) in [4.78, 5) is 4.41. The Morgan fingerprint density at radius 1 is 0.929 bits per heavy atom. The molecule has 3 heterocycles. The van der Waals surface area contributed by atoms with E-state index in [0.29, 0.717) is 22.0 Å². The van der Waals surface area contributed by atoms with Gasteiger partial charge in [0.05, 0.1) is 16.9 Å². The van der Waals surface area contributed by atoms with E-state index in [0.717, 1.165) is 22.2 Å². The van der Waals surface area contributed by atoms with Crippen LogP contribution in [0, 0.1) is 10.6 Å². The zero-order valence-corrected chi connectivity index (χ0v) is 15.2. The molecule has 0 saturated heterocycles. The molecule has 136 valence electrons. The van der Waals surface area contributed by atoms with E-state index in [-0.39, 0.29) is 5.82 Å². The van der Waals surface area contributed by atoms with Gasteiger partial charge in [-0.05, 0) is 66.8 Å². The molecule has 2 aromatic carbocycles. The van der Waals surface area contributed by atoms with Gasteiger partial charge < -0.3 is 0 Å². The fourth-order valence-electron chi connectivity index (χ4n) is 3.19. The van der Waals surface area contributed by atoms with Crippen LogP contribution >= 0.6 is 12.2 Å². The van der Waals surface area contributed by atoms with E-state index >= 15 is 0 Å². The van der Waals surface area contributed by atoms with Crippen molar-refractivity contribution >= 4 is 23.1 Å². The minimum Gasteiger partial charge on any atom is -0.274 e. The Balaban J connectivity index is 1.66. The molecule has 0 unspecified atom stereocenters. The summed E-state index contributed by atoms with van der Waals surface area (Å²) in [5.74, 6) is 0.312. The van der Waals surface area contributed by atoms with Crippen LogP contribution in [-0.4, -0.2) is 29.9 Å². The van der Waals surface area contributed by atoms with Crippen LogP contribution in [0.3, 0.4) is 0 Å². The summed E-state index contributed by atoms with van der Waals surface area (Å²) in [7, 11) is 0. The number of nitrogens with one attached hydrogen (secondary N) is 2. The summed E-state index contributed by atoms with van der Waals surface area (Å²) >= 11 is 5.48. The number of aromatic amines is 2. The first-order valence-electron chi connectivity index (χ1n) is 8.54. The highest BCUT2D eigenvalue weighted by atomic mass is 32.1. The Hall–Kier alpha value is -3.65. The van der Waals surface area contributed by atoms with Gasteiger partial charge in [-0.3, -0.25) is 19.7 Å². The smallest absolute Gasteiger partial charge is 0.200 e. The molecule has 0 aliphatic carbocycles. The molecule has 0 radical (unpaired) electrons. The molecule has 3 aromatic heterocycles. The zero-order chi connectivity index (χ0) is 19.1. The van der Waals surface area contributed by atoms with Crippen molar-refractivity contribution in [1.82, 2.24) is 29.9 Å². The molecule has 0 spiro atoms. The summed E-state index contributed by atoms with van der Waals surface area (Å²) < 4.78 is 15.5. The third-order valence-electron chi connectivity index (χ3n) is 4.49. The van der Waals surface area contributed by atoms with Crippen LogP contribution in [0.15, 0.2) is 66.9 Å². The Morgan fingerprint density at radius 3 is 2.64 bits per heavy atom. The Morgan fingerprint density at radius 2 is 1.79 bits per heavy atom. The van der Waals surface area contributed by atoms with Crippen LogP contribution in [0.25, 0.3) is 39.4 Å². The maximum atomic E-state index is 13.2. The van der Waals surface area contributed by atoms with Crippen molar-refractivity contribution in [2.24, 2.45) is 0 Å². The minimum atomic E-state index is -0.287. The predicted octanol–water partition coefficient (Wildman–Crippen LogP) is 4.67. The fourth-order valence-corrected chi connectivity index (χ4v) is 3.42.